The van der Waals surface area contributed by atoms with Gasteiger partial charge < -0.3 is 14.5 Å². The number of nitrogens with zero attached hydrogens (tertiary/aromatic N) is 3. The van der Waals surface area contributed by atoms with Gasteiger partial charge >= 0.3 is 0 Å². The molecule has 1 aromatic rings. The lowest BCUT2D eigenvalue weighted by Gasteiger charge is -2.35. The van der Waals surface area contributed by atoms with Gasteiger partial charge in [0.05, 0.1) is 13.2 Å². The molecule has 1 atom stereocenters. The van der Waals surface area contributed by atoms with E-state index in [0.29, 0.717) is 43.6 Å². The van der Waals surface area contributed by atoms with Crippen molar-refractivity contribution in [3.63, 3.8) is 0 Å². The van der Waals surface area contributed by atoms with E-state index in [4.69, 9.17) is 4.74 Å². The van der Waals surface area contributed by atoms with Crippen molar-refractivity contribution in [1.82, 2.24) is 14.8 Å². The van der Waals surface area contributed by atoms with Crippen molar-refractivity contribution in [2.45, 2.75) is 38.6 Å². The molecule has 2 aliphatic rings. The van der Waals surface area contributed by atoms with Crippen LogP contribution in [0.3, 0.4) is 0 Å². The van der Waals surface area contributed by atoms with Gasteiger partial charge in [-0.2, -0.15) is 0 Å². The second-order valence-corrected chi connectivity index (χ2v) is 6.39. The highest BCUT2D eigenvalue weighted by atomic mass is 16.5. The van der Waals surface area contributed by atoms with Crippen LogP contribution in [0.5, 0.6) is 0 Å². The van der Waals surface area contributed by atoms with Gasteiger partial charge in [0, 0.05) is 37.4 Å². The lowest BCUT2D eigenvalue weighted by molar-refractivity contribution is 0.0299. The van der Waals surface area contributed by atoms with Crippen LogP contribution in [0.15, 0.2) is 18.3 Å². The second kappa shape index (κ2) is 7.75. The lowest BCUT2D eigenvalue weighted by atomic mass is 9.99. The zero-order chi connectivity index (χ0) is 16.9. The standard InChI is InChI=1S/C18H25N3O3/c1-2-15-5-3-4-8-21(15)17(22)14-6-7-19-16(13-14)18(23)20-9-11-24-12-10-20/h6-7,13,15H,2-5,8-12H2,1H3. The molecular weight excluding hydrogens is 306 g/mol. The van der Waals surface area contributed by atoms with E-state index >= 15 is 0 Å². The molecule has 130 valence electrons. The zero-order valence-corrected chi connectivity index (χ0v) is 14.2. The maximum absolute atomic E-state index is 12.9. The average Bonchev–Trinajstić information content (AvgIpc) is 2.67. The maximum Gasteiger partial charge on any atom is 0.272 e. The Balaban J connectivity index is 1.76. The first kappa shape index (κ1) is 16.9. The molecule has 3 rings (SSSR count). The fourth-order valence-electron chi connectivity index (χ4n) is 3.47. The van der Waals surface area contributed by atoms with E-state index in [-0.39, 0.29) is 11.8 Å². The third kappa shape index (κ3) is 3.59. The van der Waals surface area contributed by atoms with Gasteiger partial charge in [-0.05, 0) is 37.8 Å². The van der Waals surface area contributed by atoms with Crippen LogP contribution in [0.4, 0.5) is 0 Å². The highest BCUT2D eigenvalue weighted by molar-refractivity contribution is 5.98. The smallest absolute Gasteiger partial charge is 0.272 e. The van der Waals surface area contributed by atoms with E-state index in [1.807, 2.05) is 4.90 Å². The van der Waals surface area contributed by atoms with Crippen LogP contribution in [-0.4, -0.2) is 65.5 Å². The average molecular weight is 331 g/mol. The van der Waals surface area contributed by atoms with Gasteiger partial charge in [0.2, 0.25) is 0 Å². The molecule has 6 heteroatoms. The summed E-state index contributed by atoms with van der Waals surface area (Å²) >= 11 is 0. The van der Waals surface area contributed by atoms with Gasteiger partial charge in [-0.3, -0.25) is 14.6 Å². The van der Waals surface area contributed by atoms with Crippen LogP contribution in [0.2, 0.25) is 0 Å². The number of carbonyl (C=O) groups excluding carboxylic acids is 2. The molecule has 1 unspecified atom stereocenters. The monoisotopic (exact) mass is 331 g/mol. The van der Waals surface area contributed by atoms with Gasteiger partial charge in [0.1, 0.15) is 5.69 Å². The van der Waals surface area contributed by atoms with Crippen LogP contribution >= 0.6 is 0 Å². The second-order valence-electron chi connectivity index (χ2n) is 6.39. The van der Waals surface area contributed by atoms with Crippen molar-refractivity contribution in [1.29, 1.82) is 0 Å². The fraction of sp³-hybridized carbons (Fsp3) is 0.611. The molecule has 3 heterocycles. The van der Waals surface area contributed by atoms with Crippen LogP contribution in [0.1, 0.15) is 53.5 Å². The van der Waals surface area contributed by atoms with Crippen molar-refractivity contribution >= 4 is 11.8 Å². The fourth-order valence-corrected chi connectivity index (χ4v) is 3.47. The number of likely N-dealkylation sites (tertiary alicyclic amines) is 1. The van der Waals surface area contributed by atoms with Crippen LogP contribution in [0, 0.1) is 0 Å². The summed E-state index contributed by atoms with van der Waals surface area (Å²) in [6.07, 6.45) is 5.82. The number of aromatic nitrogens is 1. The summed E-state index contributed by atoms with van der Waals surface area (Å²) in [4.78, 5) is 33.3. The molecule has 0 radical (unpaired) electrons. The Morgan fingerprint density at radius 1 is 1.21 bits per heavy atom. The molecule has 6 nitrogen and oxygen atoms in total. The van der Waals surface area contributed by atoms with Crippen LogP contribution < -0.4 is 0 Å². The number of rotatable bonds is 3. The van der Waals surface area contributed by atoms with Crippen molar-refractivity contribution in [2.75, 3.05) is 32.8 Å². The first-order valence-corrected chi connectivity index (χ1v) is 8.84. The largest absolute Gasteiger partial charge is 0.378 e. The minimum absolute atomic E-state index is 0.0139. The zero-order valence-electron chi connectivity index (χ0n) is 14.2. The highest BCUT2D eigenvalue weighted by Crippen LogP contribution is 2.22. The molecule has 0 spiro atoms. The molecule has 0 aliphatic carbocycles. The molecule has 0 aromatic carbocycles. The summed E-state index contributed by atoms with van der Waals surface area (Å²) in [7, 11) is 0. The molecule has 2 fully saturated rings. The van der Waals surface area contributed by atoms with Crippen molar-refractivity contribution in [2.24, 2.45) is 0 Å². The molecule has 2 saturated heterocycles. The quantitative estimate of drug-likeness (QED) is 0.849. The number of hydrogen-bond acceptors (Lipinski definition) is 4. The number of morpholine rings is 1. The number of carbonyl (C=O) groups is 2. The summed E-state index contributed by atoms with van der Waals surface area (Å²) in [5.41, 5.74) is 0.898. The van der Waals surface area contributed by atoms with Crippen molar-refractivity contribution in [3.8, 4) is 0 Å². The maximum atomic E-state index is 12.9. The van der Waals surface area contributed by atoms with Crippen molar-refractivity contribution < 1.29 is 14.3 Å². The summed E-state index contributed by atoms with van der Waals surface area (Å²) in [6.45, 7) is 5.17. The van der Waals surface area contributed by atoms with Gasteiger partial charge in [-0.15, -0.1) is 0 Å². The third-order valence-corrected chi connectivity index (χ3v) is 4.88. The third-order valence-electron chi connectivity index (χ3n) is 4.88. The number of ether oxygens (including phenoxy) is 1. The molecule has 0 N–H and O–H groups in total. The Kier molecular flexibility index (Phi) is 5.45. The van der Waals surface area contributed by atoms with E-state index in [0.717, 1.165) is 25.8 Å². The number of pyridine rings is 1. The molecule has 1 aromatic heterocycles. The normalized spacial score (nSPS) is 21.6. The van der Waals surface area contributed by atoms with E-state index < -0.39 is 0 Å². The summed E-state index contributed by atoms with van der Waals surface area (Å²) in [6, 6.07) is 3.65. The highest BCUT2D eigenvalue weighted by Gasteiger charge is 2.27. The summed E-state index contributed by atoms with van der Waals surface area (Å²) in [5.74, 6) is -0.112. The van der Waals surface area contributed by atoms with E-state index in [1.165, 1.54) is 6.42 Å². The van der Waals surface area contributed by atoms with E-state index in [9.17, 15) is 9.59 Å². The molecule has 2 aliphatic heterocycles. The first-order chi connectivity index (χ1) is 11.7. The Hall–Kier alpha value is -1.95. The predicted octanol–water partition coefficient (Wildman–Crippen LogP) is 1.96. The first-order valence-electron chi connectivity index (χ1n) is 8.84. The summed E-state index contributed by atoms with van der Waals surface area (Å²) < 4.78 is 5.28. The van der Waals surface area contributed by atoms with E-state index in [2.05, 4.69) is 11.9 Å². The number of piperidine rings is 1. The van der Waals surface area contributed by atoms with Crippen molar-refractivity contribution in [3.05, 3.63) is 29.6 Å². The van der Waals surface area contributed by atoms with Gasteiger partial charge in [0.15, 0.2) is 0 Å². The van der Waals surface area contributed by atoms with Gasteiger partial charge in [-0.25, -0.2) is 0 Å². The molecular formula is C18H25N3O3. The van der Waals surface area contributed by atoms with Gasteiger partial charge in [-0.1, -0.05) is 6.92 Å². The minimum Gasteiger partial charge on any atom is -0.378 e. The van der Waals surface area contributed by atoms with E-state index in [1.54, 1.807) is 23.2 Å². The molecule has 24 heavy (non-hydrogen) atoms. The topological polar surface area (TPSA) is 62.7 Å². The molecule has 0 saturated carbocycles. The Morgan fingerprint density at radius 3 is 2.75 bits per heavy atom. The number of amides is 2. The Bertz CT molecular complexity index is 599. The van der Waals surface area contributed by atoms with Gasteiger partial charge in [0.25, 0.3) is 11.8 Å². The summed E-state index contributed by atoms with van der Waals surface area (Å²) in [5, 5.41) is 0. The number of hydrogen-bond donors (Lipinski definition) is 0. The molecule has 0 bridgehead atoms. The van der Waals surface area contributed by atoms with Crippen LogP contribution in [-0.2, 0) is 4.74 Å². The molecule has 2 amide bonds. The SMILES string of the molecule is CCC1CCCCN1C(=O)c1ccnc(C(=O)N2CCOCC2)c1. The lowest BCUT2D eigenvalue weighted by Crippen LogP contribution is -2.43. The Morgan fingerprint density at radius 2 is 2.00 bits per heavy atom. The minimum atomic E-state index is -0.126. The Labute approximate surface area is 142 Å². The predicted molar refractivity (Wildman–Crippen MR) is 89.9 cm³/mol. The van der Waals surface area contributed by atoms with Crippen LogP contribution in [0.25, 0.3) is 0 Å².